The maximum atomic E-state index is 11.3. The lowest BCUT2D eigenvalue weighted by Crippen LogP contribution is -2.10. The minimum atomic E-state index is -0.524. The van der Waals surface area contributed by atoms with Crippen molar-refractivity contribution in [2.75, 3.05) is 19.0 Å². The third-order valence-corrected chi connectivity index (χ3v) is 2.24. The van der Waals surface area contributed by atoms with Crippen LogP contribution in [0.4, 0.5) is 5.82 Å². The second-order valence-electron chi connectivity index (χ2n) is 3.69. The van der Waals surface area contributed by atoms with E-state index in [-0.39, 0.29) is 5.69 Å². The molecule has 0 atom stereocenters. The molecule has 8 heteroatoms. The van der Waals surface area contributed by atoms with Gasteiger partial charge in [-0.1, -0.05) is 5.16 Å². The van der Waals surface area contributed by atoms with E-state index >= 15 is 0 Å². The highest BCUT2D eigenvalue weighted by atomic mass is 16.5. The number of aromatic nitrogens is 4. The molecule has 0 aliphatic heterocycles. The van der Waals surface area contributed by atoms with E-state index in [4.69, 9.17) is 4.52 Å². The first-order chi connectivity index (χ1) is 9.19. The van der Waals surface area contributed by atoms with Crippen molar-refractivity contribution >= 4 is 11.8 Å². The standard InChI is InChI=1S/C11H13N5O3/c1-7-14-10(19-16-7)3-4-13-9-6-12-5-8(15-9)11(17)18-2/h5-6H,3-4H2,1-2H3,(H,13,15). The summed E-state index contributed by atoms with van der Waals surface area (Å²) in [6, 6.07) is 0. The molecule has 2 rings (SSSR count). The van der Waals surface area contributed by atoms with E-state index in [2.05, 4.69) is 30.2 Å². The number of esters is 1. The molecular weight excluding hydrogens is 250 g/mol. The zero-order chi connectivity index (χ0) is 13.7. The van der Waals surface area contributed by atoms with E-state index in [1.807, 2.05) is 0 Å². The van der Waals surface area contributed by atoms with Gasteiger partial charge in [0.1, 0.15) is 5.82 Å². The van der Waals surface area contributed by atoms with Gasteiger partial charge in [-0.3, -0.25) is 4.98 Å². The maximum Gasteiger partial charge on any atom is 0.358 e. The van der Waals surface area contributed by atoms with Gasteiger partial charge in [-0.2, -0.15) is 4.98 Å². The molecule has 0 saturated carbocycles. The van der Waals surface area contributed by atoms with Crippen LogP contribution >= 0.6 is 0 Å². The van der Waals surface area contributed by atoms with Gasteiger partial charge in [-0.05, 0) is 6.92 Å². The zero-order valence-electron chi connectivity index (χ0n) is 10.6. The fraction of sp³-hybridized carbons (Fsp3) is 0.364. The third-order valence-electron chi connectivity index (χ3n) is 2.24. The van der Waals surface area contributed by atoms with Gasteiger partial charge in [0.2, 0.25) is 5.89 Å². The van der Waals surface area contributed by atoms with Gasteiger partial charge in [0, 0.05) is 13.0 Å². The number of hydrogen-bond donors (Lipinski definition) is 1. The average Bonchev–Trinajstić information content (AvgIpc) is 2.84. The lowest BCUT2D eigenvalue weighted by molar-refractivity contribution is 0.0593. The van der Waals surface area contributed by atoms with Crippen LogP contribution in [0.3, 0.4) is 0 Å². The van der Waals surface area contributed by atoms with Crippen LogP contribution in [0, 0.1) is 6.92 Å². The maximum absolute atomic E-state index is 11.3. The number of hydrogen-bond acceptors (Lipinski definition) is 8. The number of anilines is 1. The molecule has 8 nitrogen and oxygen atoms in total. The first-order valence-electron chi connectivity index (χ1n) is 5.62. The summed E-state index contributed by atoms with van der Waals surface area (Å²) in [5, 5.41) is 6.70. The Kier molecular flexibility index (Phi) is 4.01. The molecule has 0 aliphatic rings. The van der Waals surface area contributed by atoms with Crippen LogP contribution in [-0.2, 0) is 11.2 Å². The van der Waals surface area contributed by atoms with Crippen molar-refractivity contribution in [2.24, 2.45) is 0 Å². The third kappa shape index (κ3) is 3.47. The Morgan fingerprint density at radius 3 is 2.95 bits per heavy atom. The molecule has 1 N–H and O–H groups in total. The molecule has 2 aromatic rings. The zero-order valence-corrected chi connectivity index (χ0v) is 10.6. The van der Waals surface area contributed by atoms with Crippen LogP contribution in [0.15, 0.2) is 16.9 Å². The fourth-order valence-electron chi connectivity index (χ4n) is 1.39. The van der Waals surface area contributed by atoms with E-state index < -0.39 is 5.97 Å². The highest BCUT2D eigenvalue weighted by Crippen LogP contribution is 2.04. The molecule has 0 radical (unpaired) electrons. The molecule has 2 heterocycles. The highest BCUT2D eigenvalue weighted by molar-refractivity contribution is 5.87. The van der Waals surface area contributed by atoms with Crippen molar-refractivity contribution in [1.29, 1.82) is 0 Å². The van der Waals surface area contributed by atoms with Crippen LogP contribution in [0.1, 0.15) is 22.2 Å². The second-order valence-corrected chi connectivity index (χ2v) is 3.69. The van der Waals surface area contributed by atoms with Gasteiger partial charge in [-0.25, -0.2) is 9.78 Å². The topological polar surface area (TPSA) is 103 Å². The number of ether oxygens (including phenoxy) is 1. The smallest absolute Gasteiger partial charge is 0.358 e. The van der Waals surface area contributed by atoms with E-state index in [9.17, 15) is 4.79 Å². The molecule has 0 amide bonds. The number of methoxy groups -OCH3 is 1. The van der Waals surface area contributed by atoms with Crippen LogP contribution in [0.5, 0.6) is 0 Å². The number of aryl methyl sites for hydroxylation is 1. The van der Waals surface area contributed by atoms with Crippen LogP contribution in [0.25, 0.3) is 0 Å². The fourth-order valence-corrected chi connectivity index (χ4v) is 1.39. The summed E-state index contributed by atoms with van der Waals surface area (Å²) < 4.78 is 9.54. The number of carbonyl (C=O) groups excluding carboxylic acids is 1. The second kappa shape index (κ2) is 5.89. The molecule has 2 aromatic heterocycles. The van der Waals surface area contributed by atoms with E-state index in [1.54, 1.807) is 6.92 Å². The van der Waals surface area contributed by atoms with Gasteiger partial charge in [0.05, 0.1) is 19.5 Å². The Balaban J connectivity index is 1.90. The molecule has 19 heavy (non-hydrogen) atoms. The van der Waals surface area contributed by atoms with Crippen molar-refractivity contribution in [3.63, 3.8) is 0 Å². The SMILES string of the molecule is COC(=O)c1cncc(NCCc2nc(C)no2)n1. The summed E-state index contributed by atoms with van der Waals surface area (Å²) >= 11 is 0. The van der Waals surface area contributed by atoms with Gasteiger partial charge in [0.25, 0.3) is 0 Å². The first-order valence-corrected chi connectivity index (χ1v) is 5.62. The molecule has 0 aromatic carbocycles. The molecule has 100 valence electrons. The Bertz CT molecular complexity index is 569. The molecular formula is C11H13N5O3. The van der Waals surface area contributed by atoms with Gasteiger partial charge >= 0.3 is 5.97 Å². The summed E-state index contributed by atoms with van der Waals surface area (Å²) in [6.07, 6.45) is 3.43. The van der Waals surface area contributed by atoms with Crippen molar-refractivity contribution in [3.8, 4) is 0 Å². The minimum absolute atomic E-state index is 0.154. The van der Waals surface area contributed by atoms with Gasteiger partial charge < -0.3 is 14.6 Å². The number of nitrogens with zero attached hydrogens (tertiary/aromatic N) is 4. The normalized spacial score (nSPS) is 10.2. The molecule has 0 aliphatic carbocycles. The quantitative estimate of drug-likeness (QED) is 0.782. The van der Waals surface area contributed by atoms with E-state index in [1.165, 1.54) is 19.5 Å². The Labute approximate surface area is 109 Å². The van der Waals surface area contributed by atoms with Crippen molar-refractivity contribution in [3.05, 3.63) is 29.8 Å². The molecule has 0 bridgehead atoms. The summed E-state index contributed by atoms with van der Waals surface area (Å²) in [7, 11) is 1.29. The number of carbonyl (C=O) groups is 1. The predicted molar refractivity (Wildman–Crippen MR) is 64.6 cm³/mol. The van der Waals surface area contributed by atoms with Gasteiger partial charge in [0.15, 0.2) is 11.5 Å². The number of rotatable bonds is 5. The molecule has 0 saturated heterocycles. The van der Waals surface area contributed by atoms with Crippen molar-refractivity contribution in [2.45, 2.75) is 13.3 Å². The highest BCUT2D eigenvalue weighted by Gasteiger charge is 2.08. The number of nitrogens with one attached hydrogen (secondary N) is 1. The lowest BCUT2D eigenvalue weighted by Gasteiger charge is -2.04. The van der Waals surface area contributed by atoms with E-state index in [0.29, 0.717) is 30.5 Å². The minimum Gasteiger partial charge on any atom is -0.464 e. The summed E-state index contributed by atoms with van der Waals surface area (Å²) in [5.41, 5.74) is 0.154. The van der Waals surface area contributed by atoms with Crippen LogP contribution in [-0.4, -0.2) is 39.7 Å². The van der Waals surface area contributed by atoms with Crippen LogP contribution in [0.2, 0.25) is 0 Å². The predicted octanol–water partition coefficient (Wildman–Crippen LogP) is 0.609. The average molecular weight is 263 g/mol. The largest absolute Gasteiger partial charge is 0.464 e. The summed E-state index contributed by atoms with van der Waals surface area (Å²) in [4.78, 5) is 23.3. The lowest BCUT2D eigenvalue weighted by atomic mass is 10.4. The van der Waals surface area contributed by atoms with E-state index in [0.717, 1.165) is 0 Å². The Morgan fingerprint density at radius 2 is 2.26 bits per heavy atom. The summed E-state index contributed by atoms with van der Waals surface area (Å²) in [6.45, 7) is 2.30. The first kappa shape index (κ1) is 12.9. The van der Waals surface area contributed by atoms with Crippen molar-refractivity contribution < 1.29 is 14.1 Å². The van der Waals surface area contributed by atoms with Crippen molar-refractivity contribution in [1.82, 2.24) is 20.1 Å². The molecule has 0 fully saturated rings. The molecule has 0 unspecified atom stereocenters. The molecule has 0 spiro atoms. The monoisotopic (exact) mass is 263 g/mol. The van der Waals surface area contributed by atoms with Gasteiger partial charge in [-0.15, -0.1) is 0 Å². The Morgan fingerprint density at radius 1 is 1.42 bits per heavy atom. The summed E-state index contributed by atoms with van der Waals surface area (Å²) in [5.74, 6) is 1.10. The van der Waals surface area contributed by atoms with Crippen LogP contribution < -0.4 is 5.32 Å². The Hall–Kier alpha value is -2.51.